The minimum atomic E-state index is -0.818. The van der Waals surface area contributed by atoms with Crippen LogP contribution >= 0.6 is 0 Å². The second-order valence-corrected chi connectivity index (χ2v) is 10.6. The van der Waals surface area contributed by atoms with Crippen molar-refractivity contribution in [1.29, 1.82) is 0 Å². The van der Waals surface area contributed by atoms with Crippen molar-refractivity contribution in [3.63, 3.8) is 0 Å². The molecule has 3 aromatic rings. The van der Waals surface area contributed by atoms with Gasteiger partial charge in [0.15, 0.2) is 0 Å². The maximum atomic E-state index is 13.3. The molecule has 0 spiro atoms. The van der Waals surface area contributed by atoms with E-state index >= 15 is 0 Å². The molecule has 7 nitrogen and oxygen atoms in total. The number of Topliss-reactive ketones (excluding diaryl/α,β-unsaturated/α-hetero) is 1. The van der Waals surface area contributed by atoms with Crippen LogP contribution < -0.4 is 9.47 Å². The van der Waals surface area contributed by atoms with Crippen molar-refractivity contribution in [2.45, 2.75) is 38.8 Å². The molecule has 40 heavy (non-hydrogen) atoms. The van der Waals surface area contributed by atoms with Crippen LogP contribution in [0.1, 0.15) is 49.1 Å². The Morgan fingerprint density at radius 2 is 1.65 bits per heavy atom. The minimum Gasteiger partial charge on any atom is -0.507 e. The minimum absolute atomic E-state index is 0.00566. The third kappa shape index (κ3) is 6.02. The van der Waals surface area contributed by atoms with Crippen LogP contribution in [-0.4, -0.2) is 49.1 Å². The first kappa shape index (κ1) is 28.8. The van der Waals surface area contributed by atoms with Crippen LogP contribution in [0.5, 0.6) is 11.5 Å². The molecule has 0 saturated carbocycles. The van der Waals surface area contributed by atoms with Gasteiger partial charge in [-0.3, -0.25) is 9.59 Å². The van der Waals surface area contributed by atoms with E-state index in [1.54, 1.807) is 61.7 Å². The molecule has 210 valence electrons. The van der Waals surface area contributed by atoms with E-state index in [0.29, 0.717) is 22.6 Å². The Bertz CT molecular complexity index is 1410. The van der Waals surface area contributed by atoms with Gasteiger partial charge in [-0.2, -0.15) is 0 Å². The molecule has 0 radical (unpaired) electrons. The van der Waals surface area contributed by atoms with Crippen LogP contribution in [-0.2, 0) is 26.3 Å². The maximum absolute atomic E-state index is 13.3. The number of benzene rings is 3. The second-order valence-electron chi connectivity index (χ2n) is 10.6. The Labute approximate surface area is 233 Å². The number of carbonyl (C=O) groups is 2. The average Bonchev–Trinajstić information content (AvgIpc) is 3.19. The summed E-state index contributed by atoms with van der Waals surface area (Å²) in [4.78, 5) is 27.8. The highest BCUT2D eigenvalue weighted by molar-refractivity contribution is 6.46. The number of ether oxygens (including phenoxy) is 3. The van der Waals surface area contributed by atoms with Gasteiger partial charge in [-0.25, -0.2) is 4.39 Å². The van der Waals surface area contributed by atoms with Crippen LogP contribution in [0, 0.1) is 5.82 Å². The number of carbonyl (C=O) groups excluding carboxylic acids is 2. The van der Waals surface area contributed by atoms with E-state index in [2.05, 4.69) is 0 Å². The molecule has 1 heterocycles. The van der Waals surface area contributed by atoms with Crippen molar-refractivity contribution in [3.05, 3.63) is 100 Å². The lowest BCUT2D eigenvalue weighted by Gasteiger charge is -2.26. The van der Waals surface area contributed by atoms with E-state index in [0.717, 1.165) is 11.1 Å². The van der Waals surface area contributed by atoms with E-state index in [9.17, 15) is 19.1 Å². The third-order valence-electron chi connectivity index (χ3n) is 6.87. The van der Waals surface area contributed by atoms with Gasteiger partial charge < -0.3 is 24.2 Å². The SMILES string of the molecule is COCCN1C(=O)C(=O)/C(=C(\O)c2ccc(OC)c(C(C)(C)C)c2)C1c1ccc(OCc2ccc(F)cc2)cc1. The molecule has 8 heteroatoms. The lowest BCUT2D eigenvalue weighted by Crippen LogP contribution is -2.32. The van der Waals surface area contributed by atoms with Gasteiger partial charge in [0.05, 0.1) is 25.3 Å². The van der Waals surface area contributed by atoms with Gasteiger partial charge >= 0.3 is 0 Å². The molecule has 0 aromatic heterocycles. The molecule has 1 amide bonds. The second kappa shape index (κ2) is 11.9. The molecule has 1 fully saturated rings. The first-order valence-electron chi connectivity index (χ1n) is 13.0. The number of methoxy groups -OCH3 is 2. The van der Waals surface area contributed by atoms with Gasteiger partial charge in [0.25, 0.3) is 11.7 Å². The number of amides is 1. The Hall–Kier alpha value is -4.17. The molecule has 1 atom stereocenters. The summed E-state index contributed by atoms with van der Waals surface area (Å²) >= 11 is 0. The monoisotopic (exact) mass is 547 g/mol. The molecule has 0 bridgehead atoms. The molecular formula is C32H34FNO6. The summed E-state index contributed by atoms with van der Waals surface area (Å²) in [5, 5.41) is 11.5. The van der Waals surface area contributed by atoms with Gasteiger partial charge in [0, 0.05) is 24.8 Å². The molecule has 1 N–H and O–H groups in total. The summed E-state index contributed by atoms with van der Waals surface area (Å²) in [5.74, 6) is -0.811. The predicted octanol–water partition coefficient (Wildman–Crippen LogP) is 5.78. The Balaban J connectivity index is 1.72. The third-order valence-corrected chi connectivity index (χ3v) is 6.87. The lowest BCUT2D eigenvalue weighted by molar-refractivity contribution is -0.140. The number of aliphatic hydroxyl groups is 1. The van der Waals surface area contributed by atoms with Crippen molar-refractivity contribution >= 4 is 17.4 Å². The summed E-state index contributed by atoms with van der Waals surface area (Å²) in [6.45, 7) is 6.72. The largest absolute Gasteiger partial charge is 0.507 e. The molecule has 1 aliphatic heterocycles. The smallest absolute Gasteiger partial charge is 0.295 e. The van der Waals surface area contributed by atoms with Gasteiger partial charge in [0.2, 0.25) is 0 Å². The summed E-state index contributed by atoms with van der Waals surface area (Å²) in [6.07, 6.45) is 0. The topological polar surface area (TPSA) is 85.3 Å². The zero-order chi connectivity index (χ0) is 29.0. The lowest BCUT2D eigenvalue weighted by atomic mass is 9.84. The number of ketones is 1. The van der Waals surface area contributed by atoms with Crippen LogP contribution in [0.3, 0.4) is 0 Å². The van der Waals surface area contributed by atoms with E-state index in [1.165, 1.54) is 24.1 Å². The van der Waals surface area contributed by atoms with Crippen molar-refractivity contribution in [3.8, 4) is 11.5 Å². The van der Waals surface area contributed by atoms with Gasteiger partial charge in [-0.15, -0.1) is 0 Å². The normalized spacial score (nSPS) is 16.9. The van der Waals surface area contributed by atoms with E-state index < -0.39 is 17.7 Å². The van der Waals surface area contributed by atoms with Crippen LogP contribution in [0.15, 0.2) is 72.3 Å². The molecule has 1 aliphatic rings. The van der Waals surface area contributed by atoms with Crippen LogP contribution in [0.4, 0.5) is 4.39 Å². The standard InChI is InChI=1S/C32H34FNO6/c1-32(2,3)25-18-22(10-15-26(25)39-5)29(35)27-28(34(16-17-38-4)31(37)30(27)36)21-8-13-24(14-9-21)40-19-20-6-11-23(33)12-7-20/h6-15,18,28,35H,16-17,19H2,1-5H3/b29-27-. The van der Waals surface area contributed by atoms with Crippen molar-refractivity contribution in [1.82, 2.24) is 4.90 Å². The van der Waals surface area contributed by atoms with Crippen LogP contribution in [0.25, 0.3) is 5.76 Å². The van der Waals surface area contributed by atoms with E-state index in [1.807, 2.05) is 20.8 Å². The average molecular weight is 548 g/mol. The fraction of sp³-hybridized carbons (Fsp3) is 0.312. The number of likely N-dealkylation sites (tertiary alicyclic amines) is 1. The summed E-state index contributed by atoms with van der Waals surface area (Å²) in [7, 11) is 3.10. The Morgan fingerprint density at radius 1 is 0.975 bits per heavy atom. The van der Waals surface area contributed by atoms with E-state index in [-0.39, 0.29) is 42.3 Å². The van der Waals surface area contributed by atoms with Crippen molar-refractivity contribution in [2.75, 3.05) is 27.4 Å². The number of hydrogen-bond acceptors (Lipinski definition) is 6. The molecule has 4 rings (SSSR count). The number of hydrogen-bond donors (Lipinski definition) is 1. The van der Waals surface area contributed by atoms with Crippen molar-refractivity contribution < 1.29 is 33.3 Å². The molecule has 3 aromatic carbocycles. The summed E-state index contributed by atoms with van der Waals surface area (Å²) < 4.78 is 29.7. The zero-order valence-electron chi connectivity index (χ0n) is 23.4. The summed E-state index contributed by atoms with van der Waals surface area (Å²) in [5.41, 5.74) is 2.43. The predicted molar refractivity (Wildman–Crippen MR) is 150 cm³/mol. The highest BCUT2D eigenvalue weighted by Gasteiger charge is 2.46. The highest BCUT2D eigenvalue weighted by Crippen LogP contribution is 2.41. The molecule has 1 saturated heterocycles. The van der Waals surface area contributed by atoms with Gasteiger partial charge in [-0.1, -0.05) is 45.0 Å². The van der Waals surface area contributed by atoms with E-state index in [4.69, 9.17) is 14.2 Å². The van der Waals surface area contributed by atoms with Gasteiger partial charge in [0.1, 0.15) is 29.7 Å². The summed E-state index contributed by atoms with van der Waals surface area (Å²) in [6, 6.07) is 17.4. The fourth-order valence-electron chi connectivity index (χ4n) is 4.74. The highest BCUT2D eigenvalue weighted by atomic mass is 19.1. The molecular weight excluding hydrogens is 513 g/mol. The number of halogens is 1. The number of aliphatic hydroxyl groups excluding tert-OH is 1. The Kier molecular flexibility index (Phi) is 8.59. The fourth-order valence-corrected chi connectivity index (χ4v) is 4.74. The number of rotatable bonds is 9. The zero-order valence-corrected chi connectivity index (χ0v) is 23.4. The first-order valence-corrected chi connectivity index (χ1v) is 13.0. The first-order chi connectivity index (χ1) is 19.0. The maximum Gasteiger partial charge on any atom is 0.295 e. The molecule has 1 unspecified atom stereocenters. The van der Waals surface area contributed by atoms with Crippen molar-refractivity contribution in [2.24, 2.45) is 0 Å². The molecule has 0 aliphatic carbocycles. The quantitative estimate of drug-likeness (QED) is 0.208. The van der Waals surface area contributed by atoms with Crippen LogP contribution in [0.2, 0.25) is 0 Å². The van der Waals surface area contributed by atoms with Gasteiger partial charge in [-0.05, 0) is 59.0 Å². The number of nitrogens with zero attached hydrogens (tertiary/aromatic N) is 1. The Morgan fingerprint density at radius 3 is 2.25 bits per heavy atom.